The van der Waals surface area contributed by atoms with Gasteiger partial charge in [-0.2, -0.15) is 0 Å². The highest BCUT2D eigenvalue weighted by atomic mass is 35.5. The summed E-state index contributed by atoms with van der Waals surface area (Å²) in [5, 5.41) is 0. The molecule has 2 aliphatic heterocycles. The number of likely N-dealkylation sites (tertiary alicyclic amines) is 1. The normalized spacial score (nSPS) is 25.7. The van der Waals surface area contributed by atoms with Crippen molar-refractivity contribution in [2.75, 3.05) is 32.7 Å². The number of rotatable bonds is 4. The van der Waals surface area contributed by atoms with Gasteiger partial charge in [0.25, 0.3) is 0 Å². The van der Waals surface area contributed by atoms with Gasteiger partial charge in [-0.05, 0) is 44.6 Å². The lowest BCUT2D eigenvalue weighted by atomic mass is 9.88. The molecule has 0 aromatic heterocycles. The number of halogens is 1. The maximum Gasteiger partial charge on any atom is 0.225 e. The number of morpholine rings is 1. The molecule has 26 heavy (non-hydrogen) atoms. The number of ether oxygens (including phenoxy) is 1. The summed E-state index contributed by atoms with van der Waals surface area (Å²) in [6, 6.07) is 10.7. The number of hydrogen-bond acceptors (Lipinski definition) is 3. The Morgan fingerprint density at radius 3 is 2.54 bits per heavy atom. The molecule has 0 bridgehead atoms. The van der Waals surface area contributed by atoms with Gasteiger partial charge in [-0.1, -0.05) is 30.3 Å². The fraction of sp³-hybridized carbons (Fsp3) is 0.667. The Morgan fingerprint density at radius 2 is 1.88 bits per heavy atom. The summed E-state index contributed by atoms with van der Waals surface area (Å²) in [6.07, 6.45) is 5.53. The third kappa shape index (κ3) is 4.59. The van der Waals surface area contributed by atoms with E-state index in [9.17, 15) is 4.79 Å². The molecule has 1 spiro atoms. The van der Waals surface area contributed by atoms with Crippen LogP contribution in [0.3, 0.4) is 0 Å². The van der Waals surface area contributed by atoms with Gasteiger partial charge < -0.3 is 14.5 Å². The summed E-state index contributed by atoms with van der Waals surface area (Å²) in [5.41, 5.74) is 1.30. The summed E-state index contributed by atoms with van der Waals surface area (Å²) in [5.74, 6) is 0.689. The first-order valence-corrected chi connectivity index (χ1v) is 9.86. The minimum atomic E-state index is -0.106. The van der Waals surface area contributed by atoms with Gasteiger partial charge >= 0.3 is 0 Å². The molecule has 1 unspecified atom stereocenters. The molecular weight excluding hydrogens is 348 g/mol. The Morgan fingerprint density at radius 1 is 1.19 bits per heavy atom. The Hall–Kier alpha value is -1.10. The molecule has 0 N–H and O–H groups in total. The van der Waals surface area contributed by atoms with Crippen LogP contribution in [0.4, 0.5) is 0 Å². The number of benzene rings is 1. The Kier molecular flexibility index (Phi) is 6.26. The van der Waals surface area contributed by atoms with Crippen LogP contribution in [0.2, 0.25) is 0 Å². The maximum atomic E-state index is 12.5. The van der Waals surface area contributed by atoms with Crippen molar-refractivity contribution >= 4 is 18.3 Å². The highest BCUT2D eigenvalue weighted by Gasteiger charge is 2.45. The van der Waals surface area contributed by atoms with Crippen molar-refractivity contribution in [2.45, 2.75) is 50.7 Å². The molecule has 1 atom stereocenters. The lowest BCUT2D eigenvalue weighted by Crippen LogP contribution is -2.60. The predicted octanol–water partition coefficient (Wildman–Crippen LogP) is 3.14. The molecular formula is C21H31ClN2O2. The van der Waals surface area contributed by atoms with Crippen molar-refractivity contribution in [1.29, 1.82) is 0 Å². The van der Waals surface area contributed by atoms with Crippen LogP contribution >= 0.6 is 12.4 Å². The van der Waals surface area contributed by atoms with Crippen LogP contribution in [-0.4, -0.2) is 60.1 Å². The summed E-state index contributed by atoms with van der Waals surface area (Å²) in [6.45, 7) is 6.96. The quantitative estimate of drug-likeness (QED) is 0.806. The first-order valence-electron chi connectivity index (χ1n) is 9.86. The standard InChI is InChI=1S/C21H30N2O2.ClH/c1-17-15-23(20(24)19-7-8-19)16-21(25-17)10-13-22(14-11-21)12-9-18-5-3-2-4-6-18;/h2-6,17,19H,7-16H2,1H3;1H. The molecule has 144 valence electrons. The van der Waals surface area contributed by atoms with E-state index in [1.807, 2.05) is 0 Å². The van der Waals surface area contributed by atoms with Crippen molar-refractivity contribution < 1.29 is 9.53 Å². The fourth-order valence-electron chi connectivity index (χ4n) is 4.37. The molecule has 1 amide bonds. The molecule has 2 heterocycles. The van der Waals surface area contributed by atoms with E-state index < -0.39 is 0 Å². The van der Waals surface area contributed by atoms with Crippen LogP contribution in [0.5, 0.6) is 0 Å². The average molecular weight is 379 g/mol. The van der Waals surface area contributed by atoms with Crippen molar-refractivity contribution in [3.8, 4) is 0 Å². The van der Waals surface area contributed by atoms with Gasteiger partial charge in [0, 0.05) is 38.6 Å². The zero-order valence-corrected chi connectivity index (χ0v) is 16.5. The summed E-state index contributed by atoms with van der Waals surface area (Å²) in [7, 11) is 0. The van der Waals surface area contributed by atoms with Crippen molar-refractivity contribution in [2.24, 2.45) is 5.92 Å². The maximum absolute atomic E-state index is 12.5. The van der Waals surface area contributed by atoms with E-state index >= 15 is 0 Å². The first-order chi connectivity index (χ1) is 12.1. The summed E-state index contributed by atoms with van der Waals surface area (Å²) >= 11 is 0. The molecule has 1 aromatic carbocycles. The molecule has 0 radical (unpaired) electrons. The van der Waals surface area contributed by atoms with E-state index in [0.717, 1.165) is 64.8 Å². The van der Waals surface area contributed by atoms with E-state index in [0.29, 0.717) is 11.8 Å². The van der Waals surface area contributed by atoms with Crippen molar-refractivity contribution in [1.82, 2.24) is 9.80 Å². The zero-order chi connectivity index (χ0) is 17.3. The molecule has 2 saturated heterocycles. The second-order valence-corrected chi connectivity index (χ2v) is 8.18. The Balaban J connectivity index is 0.00000196. The van der Waals surface area contributed by atoms with Gasteiger partial charge in [0.05, 0.1) is 11.7 Å². The monoisotopic (exact) mass is 378 g/mol. The number of amides is 1. The summed E-state index contributed by atoms with van der Waals surface area (Å²) in [4.78, 5) is 17.2. The number of nitrogens with zero attached hydrogens (tertiary/aromatic N) is 2. The van der Waals surface area contributed by atoms with Crippen LogP contribution in [0, 0.1) is 5.92 Å². The topological polar surface area (TPSA) is 32.8 Å². The van der Waals surface area contributed by atoms with Gasteiger partial charge in [0.15, 0.2) is 0 Å². The number of carbonyl (C=O) groups excluding carboxylic acids is 1. The van der Waals surface area contributed by atoms with Gasteiger partial charge in [-0.15, -0.1) is 12.4 Å². The largest absolute Gasteiger partial charge is 0.368 e. The Labute approximate surface area is 163 Å². The van der Waals surface area contributed by atoms with Crippen LogP contribution < -0.4 is 0 Å². The molecule has 1 aliphatic carbocycles. The van der Waals surface area contributed by atoms with E-state index in [2.05, 4.69) is 47.1 Å². The van der Waals surface area contributed by atoms with Gasteiger partial charge in [0.1, 0.15) is 0 Å². The van der Waals surface area contributed by atoms with Crippen LogP contribution in [-0.2, 0) is 16.0 Å². The van der Waals surface area contributed by atoms with Crippen molar-refractivity contribution in [3.05, 3.63) is 35.9 Å². The van der Waals surface area contributed by atoms with Crippen LogP contribution in [0.1, 0.15) is 38.2 Å². The number of carbonyl (C=O) groups is 1. The molecule has 4 rings (SSSR count). The fourth-order valence-corrected chi connectivity index (χ4v) is 4.37. The SMILES string of the molecule is CC1CN(C(=O)C2CC2)CC2(CCN(CCc3ccccc3)CC2)O1.Cl. The smallest absolute Gasteiger partial charge is 0.225 e. The van der Waals surface area contributed by atoms with E-state index in [-0.39, 0.29) is 24.1 Å². The third-order valence-electron chi connectivity index (χ3n) is 5.97. The van der Waals surface area contributed by atoms with Gasteiger partial charge in [-0.25, -0.2) is 0 Å². The molecule has 4 nitrogen and oxygen atoms in total. The van der Waals surface area contributed by atoms with Crippen LogP contribution in [0.25, 0.3) is 0 Å². The summed E-state index contributed by atoms with van der Waals surface area (Å²) < 4.78 is 6.39. The van der Waals surface area contributed by atoms with E-state index in [4.69, 9.17) is 4.74 Å². The van der Waals surface area contributed by atoms with E-state index in [1.165, 1.54) is 5.56 Å². The lowest BCUT2D eigenvalue weighted by molar-refractivity contribution is -0.180. The first kappa shape index (κ1) is 19.7. The van der Waals surface area contributed by atoms with Gasteiger partial charge in [-0.3, -0.25) is 4.79 Å². The Bertz CT molecular complexity index is 597. The highest BCUT2D eigenvalue weighted by molar-refractivity contribution is 5.85. The third-order valence-corrected chi connectivity index (χ3v) is 5.97. The van der Waals surface area contributed by atoms with Crippen LogP contribution in [0.15, 0.2) is 30.3 Å². The molecule has 1 saturated carbocycles. The lowest BCUT2D eigenvalue weighted by Gasteiger charge is -2.49. The molecule has 1 aromatic rings. The second kappa shape index (κ2) is 8.28. The molecule has 3 aliphatic rings. The van der Waals surface area contributed by atoms with Gasteiger partial charge in [0.2, 0.25) is 5.91 Å². The minimum Gasteiger partial charge on any atom is -0.368 e. The average Bonchev–Trinajstić information content (AvgIpc) is 3.46. The van der Waals surface area contributed by atoms with Crippen molar-refractivity contribution in [3.63, 3.8) is 0 Å². The second-order valence-electron chi connectivity index (χ2n) is 8.18. The zero-order valence-electron chi connectivity index (χ0n) is 15.7. The van der Waals surface area contributed by atoms with E-state index in [1.54, 1.807) is 0 Å². The molecule has 3 fully saturated rings. The number of hydrogen-bond donors (Lipinski definition) is 0. The predicted molar refractivity (Wildman–Crippen MR) is 106 cm³/mol. The molecule has 5 heteroatoms. The number of piperidine rings is 1. The minimum absolute atomic E-state index is 0. The highest BCUT2D eigenvalue weighted by Crippen LogP contribution is 2.36.